The standard InChI is InChI=1S/C10H17N3O3/c1-7(2)9(15)11-8(3)13(6-14)10(16)12-4-5-12/h8,14H,1,4-6H2,2-3H3,(H,11,15). The lowest BCUT2D eigenvalue weighted by Gasteiger charge is -2.27. The Labute approximate surface area is 94.5 Å². The Bertz CT molecular complexity index is 312. The number of nitrogens with zero attached hydrogens (tertiary/aromatic N) is 2. The van der Waals surface area contributed by atoms with Crippen LogP contribution >= 0.6 is 0 Å². The van der Waals surface area contributed by atoms with Gasteiger partial charge in [0.15, 0.2) is 0 Å². The quantitative estimate of drug-likeness (QED) is 0.394. The second kappa shape index (κ2) is 4.98. The summed E-state index contributed by atoms with van der Waals surface area (Å²) in [5.41, 5.74) is 0.365. The van der Waals surface area contributed by atoms with Gasteiger partial charge in [0.05, 0.1) is 0 Å². The lowest BCUT2D eigenvalue weighted by Crippen LogP contribution is -2.51. The van der Waals surface area contributed by atoms with Gasteiger partial charge < -0.3 is 15.3 Å². The van der Waals surface area contributed by atoms with E-state index in [1.54, 1.807) is 18.7 Å². The molecule has 16 heavy (non-hydrogen) atoms. The van der Waals surface area contributed by atoms with Crippen molar-refractivity contribution in [3.8, 4) is 0 Å². The number of rotatable bonds is 4. The van der Waals surface area contributed by atoms with Crippen LogP contribution in [0.2, 0.25) is 0 Å². The van der Waals surface area contributed by atoms with Gasteiger partial charge in [0.25, 0.3) is 0 Å². The highest BCUT2D eigenvalue weighted by Crippen LogP contribution is 2.10. The van der Waals surface area contributed by atoms with Gasteiger partial charge in [0.1, 0.15) is 12.9 Å². The summed E-state index contributed by atoms with van der Waals surface area (Å²) in [7, 11) is 0. The number of amides is 3. The molecule has 6 heteroatoms. The van der Waals surface area contributed by atoms with Gasteiger partial charge in [-0.3, -0.25) is 9.69 Å². The SMILES string of the molecule is C=C(C)C(=O)NC(C)N(CO)C(=O)N1CC1. The third-order valence-corrected chi connectivity index (χ3v) is 2.31. The number of carbonyl (C=O) groups is 2. The molecule has 0 saturated carbocycles. The summed E-state index contributed by atoms with van der Waals surface area (Å²) >= 11 is 0. The monoisotopic (exact) mass is 227 g/mol. The largest absolute Gasteiger partial charge is 0.376 e. The molecule has 1 aliphatic rings. The molecule has 6 nitrogen and oxygen atoms in total. The molecule has 1 rings (SSSR count). The maximum absolute atomic E-state index is 11.6. The molecule has 0 aromatic heterocycles. The highest BCUT2D eigenvalue weighted by Gasteiger charge is 2.31. The lowest BCUT2D eigenvalue weighted by molar-refractivity contribution is -0.119. The van der Waals surface area contributed by atoms with E-state index >= 15 is 0 Å². The van der Waals surface area contributed by atoms with Crippen LogP contribution < -0.4 is 5.32 Å². The van der Waals surface area contributed by atoms with E-state index in [4.69, 9.17) is 5.11 Å². The molecular formula is C10H17N3O3. The number of hydrogen-bond donors (Lipinski definition) is 2. The van der Waals surface area contributed by atoms with Crippen molar-refractivity contribution >= 4 is 11.9 Å². The second-order valence-electron chi connectivity index (χ2n) is 3.81. The summed E-state index contributed by atoms with van der Waals surface area (Å²) in [5, 5.41) is 11.7. The molecule has 1 aliphatic heterocycles. The highest BCUT2D eigenvalue weighted by molar-refractivity contribution is 5.92. The molecule has 1 fully saturated rings. The minimum atomic E-state index is -0.553. The summed E-state index contributed by atoms with van der Waals surface area (Å²) in [5.74, 6) is -0.329. The minimum Gasteiger partial charge on any atom is -0.376 e. The lowest BCUT2D eigenvalue weighted by atomic mass is 10.3. The van der Waals surface area contributed by atoms with Gasteiger partial charge in [0.2, 0.25) is 5.91 Å². The Morgan fingerprint density at radius 2 is 2.12 bits per heavy atom. The molecule has 0 radical (unpaired) electrons. The number of nitrogens with one attached hydrogen (secondary N) is 1. The van der Waals surface area contributed by atoms with Crippen molar-refractivity contribution < 1.29 is 14.7 Å². The molecule has 0 aromatic carbocycles. The van der Waals surface area contributed by atoms with E-state index in [0.717, 1.165) is 0 Å². The van der Waals surface area contributed by atoms with Crippen molar-refractivity contribution in [3.63, 3.8) is 0 Å². The first-order valence-corrected chi connectivity index (χ1v) is 5.10. The topological polar surface area (TPSA) is 72.7 Å². The Kier molecular flexibility index (Phi) is 3.89. The predicted octanol–water partition coefficient (Wildman–Crippen LogP) is -0.288. The smallest absolute Gasteiger partial charge is 0.323 e. The average Bonchev–Trinajstić information content (AvgIpc) is 3.01. The number of hydrogen-bond acceptors (Lipinski definition) is 3. The zero-order chi connectivity index (χ0) is 12.3. The van der Waals surface area contributed by atoms with Crippen molar-refractivity contribution in [2.24, 2.45) is 0 Å². The van der Waals surface area contributed by atoms with Crippen molar-refractivity contribution in [1.82, 2.24) is 15.1 Å². The number of urea groups is 1. The maximum Gasteiger partial charge on any atom is 0.323 e. The summed E-state index contributed by atoms with van der Waals surface area (Å²) in [6.07, 6.45) is -0.553. The van der Waals surface area contributed by atoms with Crippen LogP contribution in [-0.2, 0) is 4.79 Å². The van der Waals surface area contributed by atoms with Crippen LogP contribution in [0.4, 0.5) is 4.79 Å². The average molecular weight is 227 g/mol. The third-order valence-electron chi connectivity index (χ3n) is 2.31. The Hall–Kier alpha value is -1.56. The number of aliphatic hydroxyl groups is 1. The van der Waals surface area contributed by atoms with E-state index in [1.165, 1.54) is 4.90 Å². The van der Waals surface area contributed by atoms with E-state index in [-0.39, 0.29) is 11.9 Å². The van der Waals surface area contributed by atoms with E-state index in [9.17, 15) is 9.59 Å². The Morgan fingerprint density at radius 1 is 1.56 bits per heavy atom. The molecule has 0 aliphatic carbocycles. The highest BCUT2D eigenvalue weighted by atomic mass is 16.3. The van der Waals surface area contributed by atoms with Crippen LogP contribution in [0.1, 0.15) is 13.8 Å². The van der Waals surface area contributed by atoms with Crippen LogP contribution in [0.25, 0.3) is 0 Å². The van der Waals surface area contributed by atoms with E-state index in [0.29, 0.717) is 18.7 Å². The summed E-state index contributed by atoms with van der Waals surface area (Å²) in [4.78, 5) is 25.7. The Morgan fingerprint density at radius 3 is 2.50 bits per heavy atom. The predicted molar refractivity (Wildman–Crippen MR) is 58.3 cm³/mol. The fourth-order valence-electron chi connectivity index (χ4n) is 1.16. The molecule has 1 saturated heterocycles. The second-order valence-corrected chi connectivity index (χ2v) is 3.81. The molecule has 0 aromatic rings. The van der Waals surface area contributed by atoms with Gasteiger partial charge in [-0.1, -0.05) is 6.58 Å². The van der Waals surface area contributed by atoms with E-state index < -0.39 is 12.9 Å². The fraction of sp³-hybridized carbons (Fsp3) is 0.600. The molecule has 0 spiro atoms. The molecule has 1 unspecified atom stereocenters. The van der Waals surface area contributed by atoms with Crippen LogP contribution in [0.3, 0.4) is 0 Å². The van der Waals surface area contributed by atoms with Crippen LogP contribution in [-0.4, -0.2) is 52.8 Å². The zero-order valence-corrected chi connectivity index (χ0v) is 9.56. The van der Waals surface area contributed by atoms with Gasteiger partial charge in [-0.15, -0.1) is 0 Å². The van der Waals surface area contributed by atoms with Crippen LogP contribution in [0.5, 0.6) is 0 Å². The first-order valence-electron chi connectivity index (χ1n) is 5.10. The van der Waals surface area contributed by atoms with Crippen molar-refractivity contribution in [1.29, 1.82) is 0 Å². The maximum atomic E-state index is 11.6. The zero-order valence-electron chi connectivity index (χ0n) is 9.56. The van der Waals surface area contributed by atoms with Crippen molar-refractivity contribution in [3.05, 3.63) is 12.2 Å². The minimum absolute atomic E-state index is 0.267. The normalized spacial score (nSPS) is 15.3. The summed E-state index contributed by atoms with van der Waals surface area (Å²) in [6.45, 7) is 7.70. The van der Waals surface area contributed by atoms with E-state index in [1.807, 2.05) is 0 Å². The number of aliphatic hydroxyl groups excluding tert-OH is 1. The first kappa shape index (κ1) is 12.5. The third kappa shape index (κ3) is 2.96. The molecule has 3 amide bonds. The molecule has 0 bridgehead atoms. The van der Waals surface area contributed by atoms with Gasteiger partial charge >= 0.3 is 6.03 Å². The molecule has 1 atom stereocenters. The van der Waals surface area contributed by atoms with E-state index in [2.05, 4.69) is 11.9 Å². The van der Waals surface area contributed by atoms with Crippen LogP contribution in [0, 0.1) is 0 Å². The van der Waals surface area contributed by atoms with Gasteiger partial charge in [0, 0.05) is 18.7 Å². The Balaban J connectivity index is 2.54. The number of carbonyl (C=O) groups excluding carboxylic acids is 2. The van der Waals surface area contributed by atoms with Gasteiger partial charge in [-0.25, -0.2) is 4.79 Å². The van der Waals surface area contributed by atoms with Crippen molar-refractivity contribution in [2.45, 2.75) is 20.0 Å². The molecule has 1 heterocycles. The van der Waals surface area contributed by atoms with Gasteiger partial charge in [-0.2, -0.15) is 0 Å². The first-order chi connectivity index (χ1) is 7.47. The summed E-state index contributed by atoms with van der Waals surface area (Å²) < 4.78 is 0. The molecular weight excluding hydrogens is 210 g/mol. The molecule has 90 valence electrons. The van der Waals surface area contributed by atoms with Gasteiger partial charge in [-0.05, 0) is 13.8 Å². The van der Waals surface area contributed by atoms with Crippen LogP contribution in [0.15, 0.2) is 12.2 Å². The summed E-state index contributed by atoms with van der Waals surface area (Å²) in [6, 6.07) is -0.267. The molecule has 2 N–H and O–H groups in total. The fourth-order valence-corrected chi connectivity index (χ4v) is 1.16. The van der Waals surface area contributed by atoms with Crippen molar-refractivity contribution in [2.75, 3.05) is 19.8 Å².